The standard InChI is InChI=1S/C13H14ClN3O/c14-11-3-1-2-10(6-11)7-13(18)17-9-16-8-12(17)4-5-15/h1-3,6,8-9H,4-5,7,15H2. The van der Waals surface area contributed by atoms with Crippen LogP contribution < -0.4 is 5.73 Å². The summed E-state index contributed by atoms with van der Waals surface area (Å²) in [6.45, 7) is 0.496. The van der Waals surface area contributed by atoms with Gasteiger partial charge in [0.15, 0.2) is 0 Å². The molecule has 0 bridgehead atoms. The normalized spacial score (nSPS) is 10.6. The summed E-state index contributed by atoms with van der Waals surface area (Å²) in [6.07, 6.45) is 4.14. The average Bonchev–Trinajstić information content (AvgIpc) is 2.78. The Morgan fingerprint density at radius 3 is 3.00 bits per heavy atom. The van der Waals surface area contributed by atoms with E-state index in [0.29, 0.717) is 24.4 Å². The second-order valence-electron chi connectivity index (χ2n) is 3.99. The maximum Gasteiger partial charge on any atom is 0.236 e. The zero-order valence-corrected chi connectivity index (χ0v) is 10.6. The molecule has 0 aliphatic rings. The van der Waals surface area contributed by atoms with Gasteiger partial charge in [-0.05, 0) is 24.2 Å². The molecule has 2 N–H and O–H groups in total. The number of benzene rings is 1. The van der Waals surface area contributed by atoms with Gasteiger partial charge in [0.05, 0.1) is 6.42 Å². The molecule has 1 aromatic heterocycles. The number of rotatable bonds is 4. The highest BCUT2D eigenvalue weighted by molar-refractivity contribution is 6.30. The van der Waals surface area contributed by atoms with Gasteiger partial charge in [0.1, 0.15) is 6.33 Å². The molecule has 0 amide bonds. The van der Waals surface area contributed by atoms with E-state index in [0.717, 1.165) is 11.3 Å². The van der Waals surface area contributed by atoms with Crippen molar-refractivity contribution in [2.75, 3.05) is 6.54 Å². The number of hydrogen-bond acceptors (Lipinski definition) is 3. The highest BCUT2D eigenvalue weighted by atomic mass is 35.5. The molecule has 1 aromatic carbocycles. The zero-order valence-electron chi connectivity index (χ0n) is 9.84. The molecule has 0 aliphatic heterocycles. The first-order valence-corrected chi connectivity index (χ1v) is 6.07. The van der Waals surface area contributed by atoms with E-state index in [2.05, 4.69) is 4.98 Å². The quantitative estimate of drug-likeness (QED) is 0.917. The minimum atomic E-state index is -0.0294. The lowest BCUT2D eigenvalue weighted by Gasteiger charge is -2.06. The van der Waals surface area contributed by atoms with E-state index in [9.17, 15) is 4.79 Å². The Kier molecular flexibility index (Phi) is 4.12. The number of halogens is 1. The van der Waals surface area contributed by atoms with E-state index < -0.39 is 0 Å². The Bertz CT molecular complexity index is 551. The molecule has 4 nitrogen and oxygen atoms in total. The van der Waals surface area contributed by atoms with Crippen molar-refractivity contribution < 1.29 is 4.79 Å². The van der Waals surface area contributed by atoms with Crippen molar-refractivity contribution in [1.82, 2.24) is 9.55 Å². The van der Waals surface area contributed by atoms with Crippen molar-refractivity contribution in [2.24, 2.45) is 5.73 Å². The highest BCUT2D eigenvalue weighted by Crippen LogP contribution is 2.12. The highest BCUT2D eigenvalue weighted by Gasteiger charge is 2.10. The summed E-state index contributed by atoms with van der Waals surface area (Å²) in [7, 11) is 0. The number of nitrogens with zero attached hydrogens (tertiary/aromatic N) is 2. The monoisotopic (exact) mass is 263 g/mol. The van der Waals surface area contributed by atoms with Gasteiger partial charge in [0.25, 0.3) is 0 Å². The van der Waals surface area contributed by atoms with Crippen LogP contribution in [0.3, 0.4) is 0 Å². The fourth-order valence-electron chi connectivity index (χ4n) is 1.79. The summed E-state index contributed by atoms with van der Waals surface area (Å²) in [5.74, 6) is -0.0294. The molecule has 0 fully saturated rings. The molecule has 2 aromatic rings. The van der Waals surface area contributed by atoms with Crippen LogP contribution in [0.5, 0.6) is 0 Å². The average molecular weight is 264 g/mol. The molecule has 0 unspecified atom stereocenters. The van der Waals surface area contributed by atoms with Gasteiger partial charge in [-0.2, -0.15) is 0 Å². The third-order valence-electron chi connectivity index (χ3n) is 2.63. The minimum absolute atomic E-state index is 0.0294. The fourth-order valence-corrected chi connectivity index (χ4v) is 2.00. The number of carbonyl (C=O) groups is 1. The van der Waals surface area contributed by atoms with Crippen molar-refractivity contribution in [3.05, 3.63) is 53.1 Å². The minimum Gasteiger partial charge on any atom is -0.330 e. The summed E-state index contributed by atoms with van der Waals surface area (Å²) in [5.41, 5.74) is 7.22. The summed E-state index contributed by atoms with van der Waals surface area (Å²) >= 11 is 5.89. The van der Waals surface area contributed by atoms with Crippen LogP contribution in [0.15, 0.2) is 36.8 Å². The van der Waals surface area contributed by atoms with Gasteiger partial charge < -0.3 is 5.73 Å². The van der Waals surface area contributed by atoms with Gasteiger partial charge in [-0.15, -0.1) is 0 Å². The lowest BCUT2D eigenvalue weighted by molar-refractivity contribution is 0.0911. The predicted molar refractivity (Wildman–Crippen MR) is 70.8 cm³/mol. The summed E-state index contributed by atoms with van der Waals surface area (Å²) in [6, 6.07) is 7.29. The first-order valence-electron chi connectivity index (χ1n) is 5.69. The third kappa shape index (κ3) is 2.97. The molecular formula is C13H14ClN3O. The lowest BCUT2D eigenvalue weighted by atomic mass is 10.1. The second-order valence-corrected chi connectivity index (χ2v) is 4.43. The van der Waals surface area contributed by atoms with E-state index in [1.165, 1.54) is 6.33 Å². The largest absolute Gasteiger partial charge is 0.330 e. The van der Waals surface area contributed by atoms with Gasteiger partial charge in [-0.3, -0.25) is 9.36 Å². The molecular weight excluding hydrogens is 250 g/mol. The number of aromatic nitrogens is 2. The van der Waals surface area contributed by atoms with Gasteiger partial charge in [-0.25, -0.2) is 4.98 Å². The Balaban J connectivity index is 2.14. The van der Waals surface area contributed by atoms with Crippen molar-refractivity contribution in [3.63, 3.8) is 0 Å². The molecule has 1 heterocycles. The number of hydrogen-bond donors (Lipinski definition) is 1. The molecule has 0 saturated carbocycles. The van der Waals surface area contributed by atoms with E-state index in [4.69, 9.17) is 17.3 Å². The molecule has 18 heavy (non-hydrogen) atoms. The molecule has 0 atom stereocenters. The topological polar surface area (TPSA) is 60.9 Å². The molecule has 0 aliphatic carbocycles. The van der Waals surface area contributed by atoms with Crippen LogP contribution in [-0.4, -0.2) is 22.0 Å². The summed E-state index contributed by atoms with van der Waals surface area (Å²) in [5, 5.41) is 0.633. The molecule has 5 heteroatoms. The maximum absolute atomic E-state index is 12.1. The van der Waals surface area contributed by atoms with Crippen LogP contribution in [0.4, 0.5) is 0 Å². The van der Waals surface area contributed by atoms with E-state index in [1.54, 1.807) is 22.9 Å². The van der Waals surface area contributed by atoms with Crippen LogP contribution in [0.25, 0.3) is 0 Å². The van der Waals surface area contributed by atoms with Crippen LogP contribution in [-0.2, 0) is 12.8 Å². The van der Waals surface area contributed by atoms with Crippen LogP contribution in [0.1, 0.15) is 16.1 Å². The fraction of sp³-hybridized carbons (Fsp3) is 0.231. The Hall–Kier alpha value is -1.65. The zero-order chi connectivity index (χ0) is 13.0. The first-order chi connectivity index (χ1) is 8.70. The number of imidazole rings is 1. The SMILES string of the molecule is NCCc1cncn1C(=O)Cc1cccc(Cl)c1. The third-order valence-corrected chi connectivity index (χ3v) is 2.86. The van der Waals surface area contributed by atoms with E-state index in [1.807, 2.05) is 12.1 Å². The van der Waals surface area contributed by atoms with Gasteiger partial charge in [-0.1, -0.05) is 23.7 Å². The second kappa shape index (κ2) is 5.80. The Labute approximate surface area is 110 Å². The molecule has 94 valence electrons. The summed E-state index contributed by atoms with van der Waals surface area (Å²) < 4.78 is 1.55. The van der Waals surface area contributed by atoms with Crippen molar-refractivity contribution in [1.29, 1.82) is 0 Å². The van der Waals surface area contributed by atoms with E-state index >= 15 is 0 Å². The van der Waals surface area contributed by atoms with Crippen molar-refractivity contribution in [3.8, 4) is 0 Å². The molecule has 0 saturated heterocycles. The predicted octanol–water partition coefficient (Wildman–Crippen LogP) is 1.92. The molecule has 0 radical (unpaired) electrons. The maximum atomic E-state index is 12.1. The smallest absolute Gasteiger partial charge is 0.236 e. The van der Waals surface area contributed by atoms with Crippen LogP contribution >= 0.6 is 11.6 Å². The lowest BCUT2D eigenvalue weighted by Crippen LogP contribution is -2.17. The Morgan fingerprint density at radius 1 is 1.44 bits per heavy atom. The first kappa shape index (κ1) is 12.8. The van der Waals surface area contributed by atoms with Gasteiger partial charge in [0.2, 0.25) is 5.91 Å². The van der Waals surface area contributed by atoms with Gasteiger partial charge in [0, 0.05) is 23.3 Å². The number of carbonyl (C=O) groups excluding carboxylic acids is 1. The molecule has 2 rings (SSSR count). The van der Waals surface area contributed by atoms with Crippen molar-refractivity contribution in [2.45, 2.75) is 12.8 Å². The Morgan fingerprint density at radius 2 is 2.28 bits per heavy atom. The van der Waals surface area contributed by atoms with Crippen molar-refractivity contribution >= 4 is 17.5 Å². The molecule has 0 spiro atoms. The summed E-state index contributed by atoms with van der Waals surface area (Å²) in [4.78, 5) is 16.1. The van der Waals surface area contributed by atoms with Crippen LogP contribution in [0, 0.1) is 0 Å². The number of nitrogens with two attached hydrogens (primary N) is 1. The van der Waals surface area contributed by atoms with Gasteiger partial charge >= 0.3 is 0 Å². The van der Waals surface area contributed by atoms with E-state index in [-0.39, 0.29) is 5.91 Å². The van der Waals surface area contributed by atoms with Crippen LogP contribution in [0.2, 0.25) is 5.02 Å².